The van der Waals surface area contributed by atoms with Crippen molar-refractivity contribution in [2.24, 2.45) is 5.10 Å². The van der Waals surface area contributed by atoms with Gasteiger partial charge < -0.3 is 4.57 Å². The molecule has 2 aromatic heterocycles. The van der Waals surface area contributed by atoms with Gasteiger partial charge in [0.05, 0.1) is 21.8 Å². The number of benzene rings is 1. The Morgan fingerprint density at radius 1 is 1.27 bits per heavy atom. The van der Waals surface area contributed by atoms with Crippen LogP contribution in [0.15, 0.2) is 53.8 Å². The van der Waals surface area contributed by atoms with E-state index in [1.54, 1.807) is 6.21 Å². The van der Waals surface area contributed by atoms with Crippen LogP contribution in [0.25, 0.3) is 5.69 Å². The minimum atomic E-state index is -0.506. The minimum Gasteiger partial charge on any atom is -0.316 e. The highest BCUT2D eigenvalue weighted by atomic mass is 35.5. The largest absolute Gasteiger partial charge is 0.316 e. The second-order valence-corrected chi connectivity index (χ2v) is 6.02. The Hall–Kier alpha value is -3.19. The van der Waals surface area contributed by atoms with Crippen LogP contribution < -0.4 is 5.43 Å². The molecule has 0 fully saturated rings. The number of hydrogen-bond acceptors (Lipinski definition) is 5. The zero-order valence-corrected chi connectivity index (χ0v) is 14.9. The molecular formula is C18H16ClN5O2. The number of aromatic nitrogens is 2. The van der Waals surface area contributed by atoms with E-state index in [2.05, 4.69) is 15.5 Å². The Balaban J connectivity index is 1.88. The van der Waals surface area contributed by atoms with Crippen LogP contribution in [0, 0.1) is 24.0 Å². The summed E-state index contributed by atoms with van der Waals surface area (Å²) in [6.45, 7) is 3.94. The molecule has 0 atom stereocenters. The van der Waals surface area contributed by atoms with Crippen molar-refractivity contribution in [3.63, 3.8) is 0 Å². The van der Waals surface area contributed by atoms with Gasteiger partial charge in [-0.05, 0) is 38.1 Å². The van der Waals surface area contributed by atoms with Crippen molar-refractivity contribution in [3.05, 3.63) is 80.7 Å². The number of halogens is 1. The number of aryl methyl sites for hydroxylation is 1. The molecule has 0 radical (unpaired) electrons. The van der Waals surface area contributed by atoms with Gasteiger partial charge >= 0.3 is 5.69 Å². The molecule has 0 amide bonds. The summed E-state index contributed by atoms with van der Waals surface area (Å²) < 4.78 is 2.03. The summed E-state index contributed by atoms with van der Waals surface area (Å²) in [6.07, 6.45) is 3.07. The van der Waals surface area contributed by atoms with E-state index in [0.717, 1.165) is 22.6 Å². The van der Waals surface area contributed by atoms with Gasteiger partial charge in [0.2, 0.25) is 5.82 Å². The fourth-order valence-electron chi connectivity index (χ4n) is 2.72. The lowest BCUT2D eigenvalue weighted by atomic mass is 10.2. The molecule has 1 aromatic carbocycles. The van der Waals surface area contributed by atoms with Crippen molar-refractivity contribution in [2.75, 3.05) is 5.43 Å². The fourth-order valence-corrected chi connectivity index (χ4v) is 2.94. The maximum absolute atomic E-state index is 11.0. The average Bonchev–Trinajstić information content (AvgIpc) is 2.90. The van der Waals surface area contributed by atoms with Crippen molar-refractivity contribution >= 4 is 29.3 Å². The zero-order chi connectivity index (χ0) is 18.7. The lowest BCUT2D eigenvalue weighted by Gasteiger charge is -2.11. The predicted octanol–water partition coefficient (Wildman–Crippen LogP) is 4.50. The van der Waals surface area contributed by atoms with Gasteiger partial charge in [0.1, 0.15) is 0 Å². The number of hydrogen-bond donors (Lipinski definition) is 1. The number of rotatable bonds is 5. The van der Waals surface area contributed by atoms with Crippen LogP contribution in [-0.2, 0) is 0 Å². The number of para-hydroxylation sites is 1. The summed E-state index contributed by atoms with van der Waals surface area (Å²) in [5.74, 6) is 0.0914. The Morgan fingerprint density at radius 3 is 2.77 bits per heavy atom. The summed E-state index contributed by atoms with van der Waals surface area (Å²) in [4.78, 5) is 14.4. The molecule has 0 spiro atoms. The van der Waals surface area contributed by atoms with Crippen LogP contribution in [0.2, 0.25) is 5.02 Å². The molecule has 3 rings (SSSR count). The van der Waals surface area contributed by atoms with E-state index in [4.69, 9.17) is 11.6 Å². The van der Waals surface area contributed by atoms with Crippen LogP contribution in [0.1, 0.15) is 17.0 Å². The fraction of sp³-hybridized carbons (Fsp3) is 0.111. The quantitative estimate of drug-likeness (QED) is 0.407. The van der Waals surface area contributed by atoms with E-state index >= 15 is 0 Å². The standard InChI is InChI=1S/C18H16ClN5O2/c1-12-10-14(13(2)23(12)16-7-4-3-6-15(16)19)11-21-22-18-17(24(25)26)8-5-9-20-18/h3-11H,1-2H3,(H,20,22)/b21-11-. The number of hydrazone groups is 1. The molecule has 3 aromatic rings. The first kappa shape index (κ1) is 17.6. The van der Waals surface area contributed by atoms with Crippen molar-refractivity contribution in [1.82, 2.24) is 9.55 Å². The summed E-state index contributed by atoms with van der Waals surface area (Å²) in [7, 11) is 0. The molecule has 7 nitrogen and oxygen atoms in total. The van der Waals surface area contributed by atoms with Gasteiger partial charge in [-0.3, -0.25) is 15.5 Å². The van der Waals surface area contributed by atoms with Gasteiger partial charge in [-0.1, -0.05) is 23.7 Å². The molecule has 132 valence electrons. The molecular weight excluding hydrogens is 354 g/mol. The number of nitro groups is 1. The van der Waals surface area contributed by atoms with Crippen LogP contribution >= 0.6 is 11.6 Å². The molecule has 2 heterocycles. The predicted molar refractivity (Wildman–Crippen MR) is 102 cm³/mol. The molecule has 0 aliphatic rings. The molecule has 8 heteroatoms. The summed E-state index contributed by atoms with van der Waals surface area (Å²) >= 11 is 6.30. The highest BCUT2D eigenvalue weighted by Gasteiger charge is 2.14. The van der Waals surface area contributed by atoms with Crippen molar-refractivity contribution < 1.29 is 4.92 Å². The van der Waals surface area contributed by atoms with E-state index in [9.17, 15) is 10.1 Å². The van der Waals surface area contributed by atoms with Crippen LogP contribution in [0.4, 0.5) is 11.5 Å². The third-order valence-corrected chi connectivity index (χ3v) is 4.24. The molecule has 0 aliphatic carbocycles. The maximum Gasteiger partial charge on any atom is 0.313 e. The maximum atomic E-state index is 11.0. The van der Waals surface area contributed by atoms with E-state index < -0.39 is 4.92 Å². The van der Waals surface area contributed by atoms with E-state index in [1.165, 1.54) is 18.3 Å². The number of nitrogens with one attached hydrogen (secondary N) is 1. The van der Waals surface area contributed by atoms with Crippen molar-refractivity contribution in [3.8, 4) is 5.69 Å². The number of nitrogens with zero attached hydrogens (tertiary/aromatic N) is 4. The normalized spacial score (nSPS) is 11.0. The molecule has 0 saturated heterocycles. The average molecular weight is 370 g/mol. The monoisotopic (exact) mass is 369 g/mol. The van der Waals surface area contributed by atoms with E-state index in [-0.39, 0.29) is 11.5 Å². The van der Waals surface area contributed by atoms with Crippen LogP contribution in [0.5, 0.6) is 0 Å². The summed E-state index contributed by atoms with van der Waals surface area (Å²) in [6, 6.07) is 12.4. The second-order valence-electron chi connectivity index (χ2n) is 5.61. The second kappa shape index (κ2) is 7.37. The number of anilines is 1. The third kappa shape index (κ3) is 3.43. The Morgan fingerprint density at radius 2 is 2.04 bits per heavy atom. The third-order valence-electron chi connectivity index (χ3n) is 3.92. The van der Waals surface area contributed by atoms with E-state index in [0.29, 0.717) is 5.02 Å². The summed E-state index contributed by atoms with van der Waals surface area (Å²) in [5, 5.41) is 15.8. The van der Waals surface area contributed by atoms with Crippen LogP contribution in [-0.4, -0.2) is 20.7 Å². The van der Waals surface area contributed by atoms with Gasteiger partial charge in [-0.2, -0.15) is 5.10 Å². The highest BCUT2D eigenvalue weighted by Crippen LogP contribution is 2.26. The number of pyridine rings is 1. The zero-order valence-electron chi connectivity index (χ0n) is 14.2. The smallest absolute Gasteiger partial charge is 0.313 e. The van der Waals surface area contributed by atoms with E-state index in [1.807, 2.05) is 48.7 Å². The summed E-state index contributed by atoms with van der Waals surface area (Å²) in [5.41, 5.74) is 6.21. The molecule has 0 saturated carbocycles. The molecule has 0 unspecified atom stereocenters. The SMILES string of the molecule is Cc1cc(/C=N\Nc2ncccc2[N+](=O)[O-])c(C)n1-c1ccccc1Cl. The Bertz CT molecular complexity index is 997. The van der Waals surface area contributed by atoms with Crippen LogP contribution in [0.3, 0.4) is 0 Å². The first-order chi connectivity index (χ1) is 12.5. The van der Waals surface area contributed by atoms with Gasteiger partial charge in [0, 0.05) is 29.2 Å². The molecule has 1 N–H and O–H groups in total. The topological polar surface area (TPSA) is 85.3 Å². The molecule has 26 heavy (non-hydrogen) atoms. The molecule has 0 bridgehead atoms. The Labute approximate surface area is 155 Å². The first-order valence-electron chi connectivity index (χ1n) is 7.81. The first-order valence-corrected chi connectivity index (χ1v) is 8.19. The van der Waals surface area contributed by atoms with Gasteiger partial charge in [-0.15, -0.1) is 0 Å². The van der Waals surface area contributed by atoms with Crippen molar-refractivity contribution in [2.45, 2.75) is 13.8 Å². The van der Waals surface area contributed by atoms with Gasteiger partial charge in [-0.25, -0.2) is 4.98 Å². The van der Waals surface area contributed by atoms with Crippen molar-refractivity contribution in [1.29, 1.82) is 0 Å². The molecule has 0 aliphatic heterocycles. The van der Waals surface area contributed by atoms with Gasteiger partial charge in [0.15, 0.2) is 0 Å². The lowest BCUT2D eigenvalue weighted by Crippen LogP contribution is -2.01. The highest BCUT2D eigenvalue weighted by molar-refractivity contribution is 6.32. The lowest BCUT2D eigenvalue weighted by molar-refractivity contribution is -0.384. The van der Waals surface area contributed by atoms with Gasteiger partial charge in [0.25, 0.3) is 0 Å². The Kier molecular flexibility index (Phi) is 4.99. The minimum absolute atomic E-state index is 0.0914.